The van der Waals surface area contributed by atoms with Gasteiger partial charge in [0, 0.05) is 44.3 Å². The molecule has 28 heavy (non-hydrogen) atoms. The van der Waals surface area contributed by atoms with E-state index < -0.39 is 6.04 Å². The van der Waals surface area contributed by atoms with Crippen LogP contribution in [0.3, 0.4) is 0 Å². The molecule has 1 fully saturated rings. The molecule has 8 nitrogen and oxygen atoms in total. The molecule has 148 valence electrons. The van der Waals surface area contributed by atoms with Crippen LogP contribution in [0.1, 0.15) is 19.4 Å². The molecule has 1 aliphatic rings. The molecule has 1 atom stereocenters. The van der Waals surface area contributed by atoms with Crippen LogP contribution in [0.4, 0.5) is 16.4 Å². The molecule has 1 aliphatic heterocycles. The first-order valence-electron chi connectivity index (χ1n) is 9.54. The largest absolute Gasteiger partial charge is 0.337 e. The van der Waals surface area contributed by atoms with E-state index in [-0.39, 0.29) is 11.9 Å². The Kier molecular flexibility index (Phi) is 6.41. The number of amides is 3. The van der Waals surface area contributed by atoms with Crippen molar-refractivity contribution in [2.75, 3.05) is 36.4 Å². The van der Waals surface area contributed by atoms with Gasteiger partial charge in [-0.15, -0.1) is 0 Å². The van der Waals surface area contributed by atoms with Crippen molar-refractivity contribution in [1.82, 2.24) is 20.2 Å². The third-order valence-electron chi connectivity index (χ3n) is 4.76. The number of aromatic nitrogens is 2. The molecule has 0 radical (unpaired) electrons. The van der Waals surface area contributed by atoms with E-state index in [0.717, 1.165) is 12.1 Å². The van der Waals surface area contributed by atoms with Crippen LogP contribution < -0.4 is 15.5 Å². The third kappa shape index (κ3) is 4.97. The Balaban J connectivity index is 1.46. The van der Waals surface area contributed by atoms with Gasteiger partial charge in [-0.1, -0.05) is 19.1 Å². The SMILES string of the molecule is CCc1ccc(NC(=O)[C@H](C)NC(=O)N2CCN(c3ncccn3)CC2)cc1. The molecular formula is C20H26N6O2. The molecule has 2 aromatic rings. The second-order valence-electron chi connectivity index (χ2n) is 6.73. The van der Waals surface area contributed by atoms with Crippen molar-refractivity contribution in [2.45, 2.75) is 26.3 Å². The topological polar surface area (TPSA) is 90.5 Å². The number of urea groups is 1. The van der Waals surface area contributed by atoms with Crippen molar-refractivity contribution in [2.24, 2.45) is 0 Å². The highest BCUT2D eigenvalue weighted by Crippen LogP contribution is 2.11. The first-order valence-corrected chi connectivity index (χ1v) is 9.54. The molecule has 3 amide bonds. The van der Waals surface area contributed by atoms with E-state index in [1.54, 1.807) is 30.3 Å². The van der Waals surface area contributed by atoms with E-state index >= 15 is 0 Å². The van der Waals surface area contributed by atoms with Crippen molar-refractivity contribution in [1.29, 1.82) is 0 Å². The van der Waals surface area contributed by atoms with E-state index in [9.17, 15) is 9.59 Å². The first kappa shape index (κ1) is 19.6. The first-order chi connectivity index (χ1) is 13.6. The highest BCUT2D eigenvalue weighted by molar-refractivity contribution is 5.96. The van der Waals surface area contributed by atoms with E-state index in [1.165, 1.54) is 5.56 Å². The van der Waals surface area contributed by atoms with E-state index in [1.807, 2.05) is 29.2 Å². The molecule has 3 rings (SSSR count). The smallest absolute Gasteiger partial charge is 0.318 e. The van der Waals surface area contributed by atoms with Gasteiger partial charge in [0.25, 0.3) is 0 Å². The highest BCUT2D eigenvalue weighted by atomic mass is 16.2. The summed E-state index contributed by atoms with van der Waals surface area (Å²) in [7, 11) is 0. The Morgan fingerprint density at radius 2 is 1.71 bits per heavy atom. The number of anilines is 2. The van der Waals surface area contributed by atoms with Gasteiger partial charge in [0.15, 0.2) is 0 Å². The zero-order chi connectivity index (χ0) is 19.9. The van der Waals surface area contributed by atoms with Gasteiger partial charge < -0.3 is 20.4 Å². The van der Waals surface area contributed by atoms with Crippen molar-refractivity contribution in [3.63, 3.8) is 0 Å². The van der Waals surface area contributed by atoms with Gasteiger partial charge in [0.05, 0.1) is 0 Å². The summed E-state index contributed by atoms with van der Waals surface area (Å²) in [5.41, 5.74) is 1.93. The Morgan fingerprint density at radius 3 is 2.32 bits per heavy atom. The molecule has 8 heteroatoms. The number of carbonyl (C=O) groups excluding carboxylic acids is 2. The van der Waals surface area contributed by atoms with Crippen LogP contribution in [0, 0.1) is 0 Å². The summed E-state index contributed by atoms with van der Waals surface area (Å²) in [4.78, 5) is 37.1. The molecule has 0 saturated carbocycles. The van der Waals surface area contributed by atoms with Gasteiger partial charge in [0.2, 0.25) is 11.9 Å². The maximum atomic E-state index is 12.5. The molecule has 0 unspecified atom stereocenters. The van der Waals surface area contributed by atoms with E-state index in [4.69, 9.17) is 0 Å². The Labute approximate surface area is 165 Å². The zero-order valence-corrected chi connectivity index (χ0v) is 16.3. The fourth-order valence-corrected chi connectivity index (χ4v) is 2.98. The average molecular weight is 382 g/mol. The van der Waals surface area contributed by atoms with Crippen LogP contribution in [-0.2, 0) is 11.2 Å². The number of nitrogens with zero attached hydrogens (tertiary/aromatic N) is 4. The molecule has 0 aliphatic carbocycles. The van der Waals surface area contributed by atoms with Gasteiger partial charge in [-0.3, -0.25) is 4.79 Å². The summed E-state index contributed by atoms with van der Waals surface area (Å²) in [5.74, 6) is 0.429. The Morgan fingerprint density at radius 1 is 1.07 bits per heavy atom. The van der Waals surface area contributed by atoms with Crippen LogP contribution in [0.15, 0.2) is 42.7 Å². The zero-order valence-electron chi connectivity index (χ0n) is 16.3. The minimum absolute atomic E-state index is 0.238. The van der Waals surface area contributed by atoms with Gasteiger partial charge in [-0.05, 0) is 37.1 Å². The van der Waals surface area contributed by atoms with Gasteiger partial charge in [-0.25, -0.2) is 14.8 Å². The molecule has 1 aromatic heterocycles. The summed E-state index contributed by atoms with van der Waals surface area (Å²) >= 11 is 0. The van der Waals surface area contributed by atoms with Crippen molar-refractivity contribution < 1.29 is 9.59 Å². The maximum Gasteiger partial charge on any atom is 0.318 e. The van der Waals surface area contributed by atoms with Crippen LogP contribution in [0.5, 0.6) is 0 Å². The van der Waals surface area contributed by atoms with Crippen molar-refractivity contribution in [3.8, 4) is 0 Å². The minimum atomic E-state index is -0.631. The molecule has 0 bridgehead atoms. The lowest BCUT2D eigenvalue weighted by Gasteiger charge is -2.35. The fourth-order valence-electron chi connectivity index (χ4n) is 2.98. The summed E-state index contributed by atoms with van der Waals surface area (Å²) in [6.45, 7) is 6.18. The van der Waals surface area contributed by atoms with Crippen LogP contribution in [-0.4, -0.2) is 59.0 Å². The quantitative estimate of drug-likeness (QED) is 0.824. The number of hydrogen-bond donors (Lipinski definition) is 2. The summed E-state index contributed by atoms with van der Waals surface area (Å²) in [5, 5.41) is 5.60. The van der Waals surface area contributed by atoms with Gasteiger partial charge >= 0.3 is 6.03 Å². The average Bonchev–Trinajstić information content (AvgIpc) is 2.75. The second-order valence-corrected chi connectivity index (χ2v) is 6.73. The van der Waals surface area contributed by atoms with Crippen LogP contribution in [0.25, 0.3) is 0 Å². The number of rotatable bonds is 5. The lowest BCUT2D eigenvalue weighted by molar-refractivity contribution is -0.117. The number of nitrogens with one attached hydrogen (secondary N) is 2. The lowest BCUT2D eigenvalue weighted by Crippen LogP contribution is -2.55. The third-order valence-corrected chi connectivity index (χ3v) is 4.76. The second kappa shape index (κ2) is 9.16. The predicted octanol–water partition coefficient (Wildman–Crippen LogP) is 1.90. The van der Waals surface area contributed by atoms with Crippen LogP contribution >= 0.6 is 0 Å². The Hall–Kier alpha value is -3.16. The molecule has 2 N–H and O–H groups in total. The van der Waals surface area contributed by atoms with E-state index in [2.05, 4.69) is 27.5 Å². The standard InChI is InChI=1S/C20H26N6O2/c1-3-16-5-7-17(8-6-16)24-18(27)15(2)23-20(28)26-13-11-25(12-14-26)19-21-9-4-10-22-19/h4-10,15H,3,11-14H2,1-2H3,(H,23,28)(H,24,27)/t15-/m0/s1. The number of piperazine rings is 1. The number of aryl methyl sites for hydroxylation is 1. The summed E-state index contributed by atoms with van der Waals surface area (Å²) in [6, 6.07) is 8.61. The summed E-state index contributed by atoms with van der Waals surface area (Å²) in [6.07, 6.45) is 4.36. The lowest BCUT2D eigenvalue weighted by atomic mass is 10.1. The minimum Gasteiger partial charge on any atom is -0.337 e. The summed E-state index contributed by atoms with van der Waals surface area (Å²) < 4.78 is 0. The molecule has 2 heterocycles. The van der Waals surface area contributed by atoms with E-state index in [0.29, 0.717) is 32.1 Å². The number of hydrogen-bond acceptors (Lipinski definition) is 5. The number of carbonyl (C=O) groups is 2. The van der Waals surface area contributed by atoms with Crippen molar-refractivity contribution >= 4 is 23.6 Å². The number of benzene rings is 1. The molecule has 0 spiro atoms. The molecule has 1 aromatic carbocycles. The predicted molar refractivity (Wildman–Crippen MR) is 108 cm³/mol. The van der Waals surface area contributed by atoms with Gasteiger partial charge in [-0.2, -0.15) is 0 Å². The fraction of sp³-hybridized carbons (Fsp3) is 0.400. The molecule has 1 saturated heterocycles. The monoisotopic (exact) mass is 382 g/mol. The highest BCUT2D eigenvalue weighted by Gasteiger charge is 2.24. The maximum absolute atomic E-state index is 12.5. The molecular weight excluding hydrogens is 356 g/mol. The van der Waals surface area contributed by atoms with Crippen LogP contribution in [0.2, 0.25) is 0 Å². The normalized spacial score (nSPS) is 15.1. The van der Waals surface area contributed by atoms with Gasteiger partial charge in [0.1, 0.15) is 6.04 Å². The van der Waals surface area contributed by atoms with Crippen molar-refractivity contribution in [3.05, 3.63) is 48.3 Å². The Bertz CT molecular complexity index is 788.